The number of rotatable bonds is 3. The van der Waals surface area contributed by atoms with Crippen LogP contribution in [0.2, 0.25) is 0 Å². The minimum absolute atomic E-state index is 0. The molecule has 4 N–H and O–H groups in total. The van der Waals surface area contributed by atoms with Gasteiger partial charge in [-0.1, -0.05) is 0 Å². The van der Waals surface area contributed by atoms with Crippen molar-refractivity contribution in [3.8, 4) is 0 Å². The Morgan fingerprint density at radius 1 is 1.50 bits per heavy atom. The molecule has 0 spiro atoms. The van der Waals surface area contributed by atoms with Crippen LogP contribution < -0.4 is 11.5 Å². The van der Waals surface area contributed by atoms with E-state index in [1.807, 2.05) is 0 Å². The monoisotopic (exact) mass is 206 g/mol. The highest BCUT2D eigenvalue weighted by Gasteiger charge is 2.05. The molecule has 1 heterocycles. The summed E-state index contributed by atoms with van der Waals surface area (Å²) in [5.41, 5.74) is 11.2. The lowest BCUT2D eigenvalue weighted by atomic mass is 10.2. The van der Waals surface area contributed by atoms with E-state index in [0.29, 0.717) is 6.54 Å². The van der Waals surface area contributed by atoms with Gasteiger partial charge >= 0.3 is 0 Å². The Kier molecular flexibility index (Phi) is 5.50. The van der Waals surface area contributed by atoms with Crippen LogP contribution in [0.25, 0.3) is 0 Å². The van der Waals surface area contributed by atoms with E-state index in [2.05, 4.69) is 19.1 Å². The Morgan fingerprint density at radius 2 is 2.17 bits per heavy atom. The molecule has 0 bridgehead atoms. The minimum atomic E-state index is 0. The van der Waals surface area contributed by atoms with Gasteiger partial charge in [0.05, 0.1) is 0 Å². The van der Waals surface area contributed by atoms with Gasteiger partial charge in [0.15, 0.2) is 0 Å². The van der Waals surface area contributed by atoms with Crippen LogP contribution in [0.1, 0.15) is 22.2 Å². The van der Waals surface area contributed by atoms with Gasteiger partial charge in [-0.3, -0.25) is 0 Å². The quantitative estimate of drug-likeness (QED) is 0.793. The van der Waals surface area contributed by atoms with Gasteiger partial charge in [0.25, 0.3) is 0 Å². The highest BCUT2D eigenvalue weighted by Crippen LogP contribution is 2.22. The fraction of sp³-hybridized carbons (Fsp3) is 0.500. The fourth-order valence-corrected chi connectivity index (χ4v) is 1.89. The maximum Gasteiger partial charge on any atom is 0.0401 e. The second-order valence-corrected chi connectivity index (χ2v) is 3.95. The van der Waals surface area contributed by atoms with Crippen molar-refractivity contribution in [1.29, 1.82) is 0 Å². The Labute approximate surface area is 83.4 Å². The summed E-state index contributed by atoms with van der Waals surface area (Å²) < 4.78 is 0. The molecule has 1 aromatic rings. The molecule has 0 saturated heterocycles. The molecule has 0 aromatic carbocycles. The lowest BCUT2D eigenvalue weighted by molar-refractivity contribution is 0.672. The number of halogens is 1. The molecule has 0 radical (unpaired) electrons. The Balaban J connectivity index is 0.00000121. The zero-order valence-corrected chi connectivity index (χ0v) is 8.75. The summed E-state index contributed by atoms with van der Waals surface area (Å²) >= 11 is 1.76. The van der Waals surface area contributed by atoms with E-state index in [0.717, 1.165) is 6.42 Å². The molecule has 1 aromatic heterocycles. The molecule has 0 aliphatic rings. The topological polar surface area (TPSA) is 52.0 Å². The smallest absolute Gasteiger partial charge is 0.0401 e. The molecule has 0 fully saturated rings. The zero-order valence-electron chi connectivity index (χ0n) is 7.12. The van der Waals surface area contributed by atoms with Gasteiger partial charge in [0, 0.05) is 15.8 Å². The Morgan fingerprint density at radius 3 is 2.58 bits per heavy atom. The molecule has 12 heavy (non-hydrogen) atoms. The molecule has 1 atom stereocenters. The molecule has 0 unspecified atom stereocenters. The molecule has 1 rings (SSSR count). The van der Waals surface area contributed by atoms with Crippen LogP contribution in [0.3, 0.4) is 0 Å². The first-order valence-corrected chi connectivity index (χ1v) is 4.57. The second kappa shape index (κ2) is 5.54. The van der Waals surface area contributed by atoms with E-state index < -0.39 is 0 Å². The van der Waals surface area contributed by atoms with Crippen molar-refractivity contribution in [2.24, 2.45) is 11.5 Å². The minimum Gasteiger partial charge on any atom is -0.330 e. The highest BCUT2D eigenvalue weighted by atomic mass is 35.5. The number of hydrogen-bond donors (Lipinski definition) is 2. The molecule has 2 nitrogen and oxygen atoms in total. The van der Waals surface area contributed by atoms with Crippen LogP contribution in [0.4, 0.5) is 0 Å². The fourth-order valence-electron chi connectivity index (χ4n) is 0.975. The third kappa shape index (κ3) is 3.11. The van der Waals surface area contributed by atoms with Gasteiger partial charge in [-0.25, -0.2) is 0 Å². The van der Waals surface area contributed by atoms with Crippen LogP contribution in [0.15, 0.2) is 12.1 Å². The number of hydrogen-bond acceptors (Lipinski definition) is 3. The van der Waals surface area contributed by atoms with Gasteiger partial charge in [0.2, 0.25) is 0 Å². The predicted molar refractivity (Wildman–Crippen MR) is 56.9 cm³/mol. The summed E-state index contributed by atoms with van der Waals surface area (Å²) in [6.45, 7) is 2.75. The molecule has 4 heteroatoms. The normalized spacial score (nSPS) is 12.2. The summed E-state index contributed by atoms with van der Waals surface area (Å²) in [7, 11) is 0. The van der Waals surface area contributed by atoms with Crippen molar-refractivity contribution in [3.05, 3.63) is 21.9 Å². The Bertz CT molecular complexity index is 225. The van der Waals surface area contributed by atoms with Gasteiger partial charge in [0.1, 0.15) is 0 Å². The van der Waals surface area contributed by atoms with Crippen LogP contribution in [0, 0.1) is 6.92 Å². The van der Waals surface area contributed by atoms with Crippen LogP contribution in [0.5, 0.6) is 0 Å². The van der Waals surface area contributed by atoms with Gasteiger partial charge < -0.3 is 11.5 Å². The van der Waals surface area contributed by atoms with Crippen LogP contribution >= 0.6 is 23.7 Å². The lowest BCUT2D eigenvalue weighted by Crippen LogP contribution is -2.13. The zero-order chi connectivity index (χ0) is 8.27. The largest absolute Gasteiger partial charge is 0.330 e. The van der Waals surface area contributed by atoms with E-state index >= 15 is 0 Å². The molecule has 0 aliphatic carbocycles. The molecule has 0 amide bonds. The maximum absolute atomic E-state index is 5.85. The Hall–Kier alpha value is -0.0900. The molecular formula is C8H15ClN2S. The summed E-state index contributed by atoms with van der Waals surface area (Å²) in [6.07, 6.45) is 0.875. The van der Waals surface area contributed by atoms with E-state index in [1.165, 1.54) is 9.75 Å². The predicted octanol–water partition coefficient (Wildman–Crippen LogP) is 1.83. The van der Waals surface area contributed by atoms with E-state index in [1.54, 1.807) is 11.3 Å². The number of aryl methyl sites for hydroxylation is 1. The first kappa shape index (κ1) is 11.9. The SMILES string of the molecule is Cc1ccc([C@H](N)CCN)s1.Cl. The summed E-state index contributed by atoms with van der Waals surface area (Å²) in [5, 5.41) is 0. The first-order valence-electron chi connectivity index (χ1n) is 3.76. The average Bonchev–Trinajstić information content (AvgIpc) is 2.36. The van der Waals surface area contributed by atoms with E-state index in [-0.39, 0.29) is 18.4 Å². The molecule has 0 aliphatic heterocycles. The van der Waals surface area contributed by atoms with E-state index in [9.17, 15) is 0 Å². The third-order valence-corrected chi connectivity index (χ3v) is 2.74. The van der Waals surface area contributed by atoms with Crippen molar-refractivity contribution in [1.82, 2.24) is 0 Å². The maximum atomic E-state index is 5.85. The van der Waals surface area contributed by atoms with Gasteiger partial charge in [-0.05, 0) is 32.0 Å². The van der Waals surface area contributed by atoms with Crippen molar-refractivity contribution in [2.45, 2.75) is 19.4 Å². The third-order valence-electron chi connectivity index (χ3n) is 1.60. The summed E-state index contributed by atoms with van der Waals surface area (Å²) in [5.74, 6) is 0. The van der Waals surface area contributed by atoms with Crippen LogP contribution in [-0.2, 0) is 0 Å². The first-order chi connectivity index (χ1) is 5.24. The van der Waals surface area contributed by atoms with Crippen molar-refractivity contribution in [3.63, 3.8) is 0 Å². The van der Waals surface area contributed by atoms with Gasteiger partial charge in [-0.2, -0.15) is 0 Å². The van der Waals surface area contributed by atoms with Crippen molar-refractivity contribution < 1.29 is 0 Å². The second-order valence-electron chi connectivity index (χ2n) is 2.63. The standard InChI is InChI=1S/C8H14N2S.ClH/c1-6-2-3-8(11-6)7(10)4-5-9;/h2-3,7H,4-5,9-10H2,1H3;1H/t7-;/m1./s1. The molecule has 70 valence electrons. The van der Waals surface area contributed by atoms with E-state index in [4.69, 9.17) is 11.5 Å². The lowest BCUT2D eigenvalue weighted by Gasteiger charge is -2.05. The summed E-state index contributed by atoms with van der Waals surface area (Å²) in [6, 6.07) is 4.31. The molecule has 0 saturated carbocycles. The molecular weight excluding hydrogens is 192 g/mol. The number of thiophene rings is 1. The average molecular weight is 207 g/mol. The van der Waals surface area contributed by atoms with Crippen LogP contribution in [-0.4, -0.2) is 6.54 Å². The highest BCUT2D eigenvalue weighted by molar-refractivity contribution is 7.12. The van der Waals surface area contributed by atoms with Crippen molar-refractivity contribution >= 4 is 23.7 Å². The van der Waals surface area contributed by atoms with Crippen molar-refractivity contribution in [2.75, 3.05) is 6.54 Å². The van der Waals surface area contributed by atoms with Gasteiger partial charge in [-0.15, -0.1) is 23.7 Å². The summed E-state index contributed by atoms with van der Waals surface area (Å²) in [4.78, 5) is 2.56. The number of nitrogens with two attached hydrogens (primary N) is 2.